The summed E-state index contributed by atoms with van der Waals surface area (Å²) in [6, 6.07) is -1.21. The monoisotopic (exact) mass is 473 g/mol. The first-order valence-corrected chi connectivity index (χ1v) is 9.74. The van der Waals surface area contributed by atoms with Crippen molar-refractivity contribution >= 4 is 35.8 Å². The van der Waals surface area contributed by atoms with Gasteiger partial charge in [0.25, 0.3) is 0 Å². The number of hydrogen-bond acceptors (Lipinski definition) is 12. The zero-order chi connectivity index (χ0) is 25.3. The summed E-state index contributed by atoms with van der Waals surface area (Å²) in [6.07, 6.45) is -4.52. The number of methoxy groups -OCH3 is 1. The zero-order valence-corrected chi connectivity index (χ0v) is 19.1. The molecular formula is C20H27NO12. The van der Waals surface area contributed by atoms with E-state index in [1.165, 1.54) is 6.92 Å². The van der Waals surface area contributed by atoms with Gasteiger partial charge in [-0.2, -0.15) is 0 Å². The summed E-state index contributed by atoms with van der Waals surface area (Å²) >= 11 is 0. The predicted molar refractivity (Wildman–Crippen MR) is 106 cm³/mol. The number of esters is 5. The van der Waals surface area contributed by atoms with Crippen molar-refractivity contribution in [1.82, 2.24) is 5.32 Å². The van der Waals surface area contributed by atoms with E-state index in [9.17, 15) is 28.8 Å². The predicted octanol–water partition coefficient (Wildman–Crippen LogP) is -0.695. The van der Waals surface area contributed by atoms with E-state index >= 15 is 0 Å². The molecule has 1 rings (SSSR count). The lowest BCUT2D eigenvalue weighted by atomic mass is 9.93. The van der Waals surface area contributed by atoms with Gasteiger partial charge in [0.2, 0.25) is 11.7 Å². The van der Waals surface area contributed by atoms with E-state index < -0.39 is 78.6 Å². The first-order chi connectivity index (χ1) is 15.3. The largest absolute Gasteiger partial charge is 0.477 e. The molecule has 0 radical (unpaired) electrons. The maximum absolute atomic E-state index is 12.2. The standard InChI is InChI=1S/C20H27NO12/c1-9(22)21-17-14(30-11(3)24)7-15(20(27)28-6)33-19(17)18(32-13(5)26)16(31-12(4)25)8-29-10(2)23/h7,14,16-19H,8H2,1-6H3,(H,21,22)/t14-,16-,17+,18-,19+/m0/s1. The Bertz CT molecular complexity index is 820. The van der Waals surface area contributed by atoms with Crippen LogP contribution >= 0.6 is 0 Å². The van der Waals surface area contributed by atoms with Gasteiger partial charge in [-0.05, 0) is 0 Å². The Morgan fingerprint density at radius 3 is 2.00 bits per heavy atom. The second-order valence-electron chi connectivity index (χ2n) is 6.93. The van der Waals surface area contributed by atoms with Crippen LogP contribution in [-0.2, 0) is 57.2 Å². The first kappa shape index (κ1) is 27.4. The van der Waals surface area contributed by atoms with E-state index in [2.05, 4.69) is 10.1 Å². The number of hydrogen-bond donors (Lipinski definition) is 1. The molecule has 1 amide bonds. The Morgan fingerprint density at radius 1 is 0.939 bits per heavy atom. The van der Waals surface area contributed by atoms with Crippen LogP contribution in [0.15, 0.2) is 11.8 Å². The van der Waals surface area contributed by atoms with Crippen LogP contribution in [0.25, 0.3) is 0 Å². The van der Waals surface area contributed by atoms with Gasteiger partial charge in [-0.1, -0.05) is 0 Å². The van der Waals surface area contributed by atoms with E-state index in [0.29, 0.717) is 0 Å². The zero-order valence-electron chi connectivity index (χ0n) is 19.1. The molecule has 0 fully saturated rings. The highest BCUT2D eigenvalue weighted by Gasteiger charge is 2.49. The fourth-order valence-electron chi connectivity index (χ4n) is 3.04. The normalized spacial score (nSPS) is 21.2. The van der Waals surface area contributed by atoms with Crippen LogP contribution in [0.2, 0.25) is 0 Å². The minimum atomic E-state index is -1.52. The maximum Gasteiger partial charge on any atom is 0.373 e. The highest BCUT2D eigenvalue weighted by Crippen LogP contribution is 2.28. The van der Waals surface area contributed by atoms with Gasteiger partial charge in [0.1, 0.15) is 18.8 Å². The highest BCUT2D eigenvalue weighted by atomic mass is 16.6. The average Bonchev–Trinajstić information content (AvgIpc) is 2.68. The number of carbonyl (C=O) groups is 6. The van der Waals surface area contributed by atoms with Gasteiger partial charge in [-0.15, -0.1) is 0 Å². The van der Waals surface area contributed by atoms with Gasteiger partial charge >= 0.3 is 29.8 Å². The molecule has 1 heterocycles. The van der Waals surface area contributed by atoms with Crippen molar-refractivity contribution in [2.45, 2.75) is 65.1 Å². The minimum absolute atomic E-state index is 0.415. The Kier molecular flexibility index (Phi) is 10.3. The van der Waals surface area contributed by atoms with Crippen molar-refractivity contribution in [2.24, 2.45) is 0 Å². The van der Waals surface area contributed by atoms with Crippen LogP contribution in [-0.4, -0.2) is 79.9 Å². The lowest BCUT2D eigenvalue weighted by Crippen LogP contribution is -2.62. The molecule has 1 aliphatic rings. The smallest absolute Gasteiger partial charge is 0.373 e. The molecule has 1 N–H and O–H groups in total. The molecular weight excluding hydrogens is 446 g/mol. The number of amides is 1. The SMILES string of the molecule is COC(=O)C1=C[C@H](OC(C)=O)[C@@H](NC(C)=O)[C@H]([C@@H](OC(C)=O)[C@H](COC(C)=O)OC(C)=O)O1. The molecule has 0 saturated carbocycles. The third kappa shape index (κ3) is 8.79. The lowest BCUT2D eigenvalue weighted by Gasteiger charge is -2.41. The molecule has 0 aromatic carbocycles. The lowest BCUT2D eigenvalue weighted by molar-refractivity contribution is -0.191. The van der Waals surface area contributed by atoms with Crippen LogP contribution < -0.4 is 5.32 Å². The Morgan fingerprint density at radius 2 is 1.55 bits per heavy atom. The molecule has 0 aromatic rings. The third-order valence-corrected chi connectivity index (χ3v) is 4.11. The maximum atomic E-state index is 12.2. The topological polar surface area (TPSA) is 170 Å². The number of ether oxygens (including phenoxy) is 6. The molecule has 5 atom stereocenters. The van der Waals surface area contributed by atoms with Gasteiger partial charge in [0.15, 0.2) is 18.3 Å². The van der Waals surface area contributed by atoms with Crippen molar-refractivity contribution in [3.05, 3.63) is 11.8 Å². The fraction of sp³-hybridized carbons (Fsp3) is 0.600. The Balaban J connectivity index is 3.58. The molecule has 0 aromatic heterocycles. The first-order valence-electron chi connectivity index (χ1n) is 9.74. The van der Waals surface area contributed by atoms with E-state index in [-0.39, 0.29) is 0 Å². The van der Waals surface area contributed by atoms with Crippen molar-refractivity contribution in [2.75, 3.05) is 13.7 Å². The summed E-state index contributed by atoms with van der Waals surface area (Å²) in [6.45, 7) is 4.96. The van der Waals surface area contributed by atoms with Gasteiger partial charge < -0.3 is 33.7 Å². The summed E-state index contributed by atoms with van der Waals surface area (Å²) in [7, 11) is 1.08. The quantitative estimate of drug-likeness (QED) is 0.331. The van der Waals surface area contributed by atoms with Gasteiger partial charge in [-0.25, -0.2) is 4.79 Å². The number of carbonyl (C=O) groups excluding carboxylic acids is 6. The van der Waals surface area contributed by atoms with E-state index in [1.807, 2.05) is 0 Å². The number of nitrogens with one attached hydrogen (secondary N) is 1. The molecule has 1 aliphatic heterocycles. The summed E-state index contributed by atoms with van der Waals surface area (Å²) in [5.74, 6) is -5.07. The molecule has 0 aliphatic carbocycles. The van der Waals surface area contributed by atoms with Crippen LogP contribution in [0.4, 0.5) is 0 Å². The fourth-order valence-corrected chi connectivity index (χ4v) is 3.04. The molecule has 33 heavy (non-hydrogen) atoms. The molecule has 0 spiro atoms. The highest BCUT2D eigenvalue weighted by molar-refractivity contribution is 5.86. The molecule has 0 bridgehead atoms. The summed E-state index contributed by atoms with van der Waals surface area (Å²) < 4.78 is 30.9. The summed E-state index contributed by atoms with van der Waals surface area (Å²) in [4.78, 5) is 70.6. The molecule has 184 valence electrons. The molecule has 13 nitrogen and oxygen atoms in total. The summed E-state index contributed by atoms with van der Waals surface area (Å²) in [5.41, 5.74) is 0. The molecule has 13 heteroatoms. The minimum Gasteiger partial charge on any atom is -0.477 e. The van der Waals surface area contributed by atoms with Crippen LogP contribution in [0.1, 0.15) is 34.6 Å². The number of rotatable bonds is 9. The van der Waals surface area contributed by atoms with Crippen LogP contribution in [0.5, 0.6) is 0 Å². The molecule has 0 unspecified atom stereocenters. The second-order valence-corrected chi connectivity index (χ2v) is 6.93. The van der Waals surface area contributed by atoms with Crippen molar-refractivity contribution in [3.63, 3.8) is 0 Å². The molecule has 0 saturated heterocycles. The van der Waals surface area contributed by atoms with Crippen LogP contribution in [0.3, 0.4) is 0 Å². The second kappa shape index (κ2) is 12.4. The van der Waals surface area contributed by atoms with E-state index in [4.69, 9.17) is 23.7 Å². The van der Waals surface area contributed by atoms with Crippen molar-refractivity contribution in [1.29, 1.82) is 0 Å². The van der Waals surface area contributed by atoms with Crippen molar-refractivity contribution < 1.29 is 57.2 Å². The van der Waals surface area contributed by atoms with E-state index in [1.54, 1.807) is 0 Å². The van der Waals surface area contributed by atoms with Crippen molar-refractivity contribution in [3.8, 4) is 0 Å². The Hall–Kier alpha value is -3.64. The van der Waals surface area contributed by atoms with Gasteiger partial charge in [0.05, 0.1) is 7.11 Å². The van der Waals surface area contributed by atoms with Gasteiger partial charge in [-0.3, -0.25) is 24.0 Å². The third-order valence-electron chi connectivity index (χ3n) is 4.11. The average molecular weight is 473 g/mol. The summed E-state index contributed by atoms with van der Waals surface area (Å²) in [5, 5.41) is 2.51. The van der Waals surface area contributed by atoms with Gasteiger partial charge in [0, 0.05) is 40.7 Å². The Labute approximate surface area is 189 Å². The van der Waals surface area contributed by atoms with E-state index in [0.717, 1.165) is 40.9 Å². The van der Waals surface area contributed by atoms with Crippen LogP contribution in [0, 0.1) is 0 Å².